The lowest BCUT2D eigenvalue weighted by Crippen LogP contribution is -2.49. The van der Waals surface area contributed by atoms with Crippen molar-refractivity contribution in [1.82, 2.24) is 10.6 Å². The molecule has 0 atom stereocenters. The van der Waals surface area contributed by atoms with Gasteiger partial charge in [-0.3, -0.25) is 4.79 Å². The van der Waals surface area contributed by atoms with Gasteiger partial charge in [-0.2, -0.15) is 0 Å². The van der Waals surface area contributed by atoms with Crippen LogP contribution in [0.1, 0.15) is 39.5 Å². The number of urea groups is 1. The van der Waals surface area contributed by atoms with Crippen LogP contribution in [0.25, 0.3) is 0 Å². The molecule has 122 valence electrons. The highest BCUT2D eigenvalue weighted by Crippen LogP contribution is 2.25. The number of carbonyl (C=O) groups is 2. The average Bonchev–Trinajstić information content (AvgIpc) is 2.42. The number of hydrogen-bond acceptors (Lipinski definition) is 4. The van der Waals surface area contributed by atoms with Gasteiger partial charge in [-0.25, -0.2) is 13.2 Å². The summed E-state index contributed by atoms with van der Waals surface area (Å²) in [5.74, 6) is -0.751. The molecule has 2 amide bonds. The third-order valence-corrected chi connectivity index (χ3v) is 6.00. The summed E-state index contributed by atoms with van der Waals surface area (Å²) in [6.07, 6.45) is 1.67. The predicted octanol–water partition coefficient (Wildman–Crippen LogP) is 0.754. The van der Waals surface area contributed by atoms with Crippen molar-refractivity contribution < 1.29 is 23.1 Å². The molecule has 8 heteroatoms. The van der Waals surface area contributed by atoms with Crippen LogP contribution in [0.5, 0.6) is 0 Å². The summed E-state index contributed by atoms with van der Waals surface area (Å²) in [4.78, 5) is 23.1. The maximum Gasteiger partial charge on any atom is 0.315 e. The van der Waals surface area contributed by atoms with Crippen LogP contribution in [0, 0.1) is 5.41 Å². The van der Waals surface area contributed by atoms with Crippen molar-refractivity contribution in [3.8, 4) is 0 Å². The van der Waals surface area contributed by atoms with Crippen molar-refractivity contribution >= 4 is 21.8 Å². The van der Waals surface area contributed by atoms with E-state index < -0.39 is 27.3 Å². The molecule has 1 fully saturated rings. The third-order valence-electron chi connectivity index (χ3n) is 4.28. The van der Waals surface area contributed by atoms with Crippen molar-refractivity contribution in [2.75, 3.05) is 18.1 Å². The highest BCUT2D eigenvalue weighted by atomic mass is 32.2. The Labute approximate surface area is 125 Å². The summed E-state index contributed by atoms with van der Waals surface area (Å²) in [6, 6.07) is -0.608. The molecule has 3 N–H and O–H groups in total. The van der Waals surface area contributed by atoms with E-state index in [-0.39, 0.29) is 24.1 Å². The first-order valence-electron chi connectivity index (χ1n) is 7.23. The SMILES string of the molecule is CCC(CC)(CNC(=O)NC1CCS(=O)(=O)CC1)C(=O)O. The van der Waals surface area contributed by atoms with Crippen LogP contribution in [0.3, 0.4) is 0 Å². The second-order valence-electron chi connectivity index (χ2n) is 5.55. The summed E-state index contributed by atoms with van der Waals surface area (Å²) in [6.45, 7) is 3.62. The lowest BCUT2D eigenvalue weighted by molar-refractivity contribution is -0.149. The third kappa shape index (κ3) is 4.87. The Balaban J connectivity index is 2.46. The van der Waals surface area contributed by atoms with Crippen molar-refractivity contribution in [2.24, 2.45) is 5.41 Å². The number of rotatable bonds is 6. The van der Waals surface area contributed by atoms with Crippen LogP contribution in [-0.2, 0) is 14.6 Å². The first-order chi connectivity index (χ1) is 9.74. The normalized spacial score (nSPS) is 19.0. The molecule has 0 aromatic heterocycles. The number of hydrogen-bond donors (Lipinski definition) is 3. The zero-order valence-corrected chi connectivity index (χ0v) is 13.3. The number of carboxylic acid groups (broad SMARTS) is 1. The minimum atomic E-state index is -2.96. The van der Waals surface area contributed by atoms with Gasteiger partial charge in [-0.05, 0) is 25.7 Å². The van der Waals surface area contributed by atoms with Crippen molar-refractivity contribution in [1.29, 1.82) is 0 Å². The number of nitrogens with one attached hydrogen (secondary N) is 2. The molecule has 0 saturated carbocycles. The molecule has 1 saturated heterocycles. The Morgan fingerprint density at radius 3 is 2.14 bits per heavy atom. The molecule has 0 unspecified atom stereocenters. The number of carboxylic acids is 1. The molecule has 1 heterocycles. The first-order valence-corrected chi connectivity index (χ1v) is 9.05. The quantitative estimate of drug-likeness (QED) is 0.668. The number of amides is 2. The molecule has 0 bridgehead atoms. The summed E-state index contributed by atoms with van der Waals surface area (Å²) >= 11 is 0. The van der Waals surface area contributed by atoms with E-state index in [1.54, 1.807) is 13.8 Å². The van der Waals surface area contributed by atoms with Gasteiger partial charge in [0.1, 0.15) is 9.84 Å². The van der Waals surface area contributed by atoms with E-state index in [0.717, 1.165) is 0 Å². The fraction of sp³-hybridized carbons (Fsp3) is 0.846. The van der Waals surface area contributed by atoms with Gasteiger partial charge >= 0.3 is 12.0 Å². The van der Waals surface area contributed by atoms with E-state index in [9.17, 15) is 23.1 Å². The molecule has 0 radical (unpaired) electrons. The first kappa shape index (κ1) is 17.7. The zero-order valence-electron chi connectivity index (χ0n) is 12.5. The van der Waals surface area contributed by atoms with Gasteiger partial charge in [0.25, 0.3) is 0 Å². The fourth-order valence-electron chi connectivity index (χ4n) is 2.40. The molecule has 0 aromatic rings. The van der Waals surface area contributed by atoms with Gasteiger partial charge in [0, 0.05) is 12.6 Å². The number of carbonyl (C=O) groups excluding carboxylic acids is 1. The van der Waals surface area contributed by atoms with Crippen LogP contribution in [-0.4, -0.2) is 49.6 Å². The minimum Gasteiger partial charge on any atom is -0.481 e. The second-order valence-corrected chi connectivity index (χ2v) is 7.85. The molecule has 21 heavy (non-hydrogen) atoms. The van der Waals surface area contributed by atoms with E-state index in [1.807, 2.05) is 0 Å². The number of aliphatic carboxylic acids is 1. The van der Waals surface area contributed by atoms with E-state index in [1.165, 1.54) is 0 Å². The largest absolute Gasteiger partial charge is 0.481 e. The summed E-state index contributed by atoms with van der Waals surface area (Å²) in [5, 5.41) is 14.6. The highest BCUT2D eigenvalue weighted by molar-refractivity contribution is 7.91. The van der Waals surface area contributed by atoms with E-state index in [2.05, 4.69) is 10.6 Å². The van der Waals surface area contributed by atoms with Gasteiger partial charge < -0.3 is 15.7 Å². The molecule has 1 aliphatic rings. The zero-order chi connectivity index (χ0) is 16.1. The Hall–Kier alpha value is -1.31. The molecule has 0 aromatic carbocycles. The van der Waals surface area contributed by atoms with Crippen LogP contribution >= 0.6 is 0 Å². The molecular weight excluding hydrogens is 296 g/mol. The molecule has 1 aliphatic heterocycles. The number of sulfone groups is 1. The average molecular weight is 320 g/mol. The molecule has 1 rings (SSSR count). The molecular formula is C13H24N2O5S. The van der Waals surface area contributed by atoms with Gasteiger partial charge in [0.2, 0.25) is 0 Å². The summed E-state index contributed by atoms with van der Waals surface area (Å²) in [5.41, 5.74) is -0.951. The molecule has 0 aliphatic carbocycles. The van der Waals surface area contributed by atoms with Gasteiger partial charge in [0.15, 0.2) is 0 Å². The monoisotopic (exact) mass is 320 g/mol. The van der Waals surface area contributed by atoms with E-state index in [4.69, 9.17) is 0 Å². The highest BCUT2D eigenvalue weighted by Gasteiger charge is 2.35. The summed E-state index contributed by atoms with van der Waals surface area (Å²) < 4.78 is 22.6. The van der Waals surface area contributed by atoms with Gasteiger partial charge in [-0.1, -0.05) is 13.8 Å². The summed E-state index contributed by atoms with van der Waals surface area (Å²) in [7, 11) is -2.96. The Morgan fingerprint density at radius 2 is 1.71 bits per heavy atom. The second kappa shape index (κ2) is 7.11. The Morgan fingerprint density at radius 1 is 1.19 bits per heavy atom. The van der Waals surface area contributed by atoms with Crippen LogP contribution < -0.4 is 10.6 Å². The molecule has 0 spiro atoms. The van der Waals surface area contributed by atoms with Crippen molar-refractivity contribution in [3.05, 3.63) is 0 Å². The molecule has 7 nitrogen and oxygen atoms in total. The Bertz CT molecular complexity index is 471. The predicted molar refractivity (Wildman–Crippen MR) is 78.9 cm³/mol. The fourth-order valence-corrected chi connectivity index (χ4v) is 3.89. The van der Waals surface area contributed by atoms with E-state index >= 15 is 0 Å². The topological polar surface area (TPSA) is 113 Å². The van der Waals surface area contributed by atoms with Crippen molar-refractivity contribution in [2.45, 2.75) is 45.6 Å². The lowest BCUT2D eigenvalue weighted by atomic mass is 9.82. The maximum absolute atomic E-state index is 11.8. The lowest BCUT2D eigenvalue weighted by Gasteiger charge is -2.28. The minimum absolute atomic E-state index is 0.0617. The van der Waals surface area contributed by atoms with Gasteiger partial charge in [-0.15, -0.1) is 0 Å². The maximum atomic E-state index is 11.8. The van der Waals surface area contributed by atoms with Crippen molar-refractivity contribution in [3.63, 3.8) is 0 Å². The van der Waals surface area contributed by atoms with Gasteiger partial charge in [0.05, 0.1) is 16.9 Å². The van der Waals surface area contributed by atoms with Crippen LogP contribution in [0.2, 0.25) is 0 Å². The Kier molecular flexibility index (Phi) is 6.00. The smallest absolute Gasteiger partial charge is 0.315 e. The van der Waals surface area contributed by atoms with Crippen LogP contribution in [0.4, 0.5) is 4.79 Å². The van der Waals surface area contributed by atoms with E-state index in [0.29, 0.717) is 25.7 Å². The standard InChI is InChI=1S/C13H24N2O5S/c1-3-13(4-2,11(16)17)9-14-12(18)15-10-5-7-21(19,20)8-6-10/h10H,3-9H2,1-2H3,(H,16,17)(H2,14,15,18). The van der Waals surface area contributed by atoms with Crippen LogP contribution in [0.15, 0.2) is 0 Å².